The van der Waals surface area contributed by atoms with Gasteiger partial charge in [0.2, 0.25) is 0 Å². The fourth-order valence-electron chi connectivity index (χ4n) is 4.08. The number of para-hydroxylation sites is 1. The number of hydrogen-bond donors (Lipinski definition) is 0. The van der Waals surface area contributed by atoms with Crippen LogP contribution in [0.15, 0.2) is 42.5 Å². The summed E-state index contributed by atoms with van der Waals surface area (Å²) in [5, 5.41) is 0. The van der Waals surface area contributed by atoms with E-state index in [2.05, 4.69) is 0 Å². The van der Waals surface area contributed by atoms with Crippen molar-refractivity contribution in [3.63, 3.8) is 0 Å². The van der Waals surface area contributed by atoms with Gasteiger partial charge in [0.25, 0.3) is 17.7 Å². The van der Waals surface area contributed by atoms with Crippen LogP contribution in [0.4, 0.5) is 5.69 Å². The molecule has 0 aromatic heterocycles. The van der Waals surface area contributed by atoms with Crippen LogP contribution in [0.5, 0.6) is 0 Å². The van der Waals surface area contributed by atoms with E-state index in [4.69, 9.17) is 9.47 Å². The lowest BCUT2D eigenvalue weighted by atomic mass is 10.1. The minimum atomic E-state index is -0.731. The topological polar surface area (TPSA) is 93.2 Å². The maximum atomic E-state index is 12.9. The summed E-state index contributed by atoms with van der Waals surface area (Å²) in [6, 6.07) is 11.3. The summed E-state index contributed by atoms with van der Waals surface area (Å²) in [5.74, 6) is -1.98. The number of morpholine rings is 1. The molecule has 3 amide bonds. The molecule has 166 valence electrons. The normalized spacial score (nSPS) is 20.3. The molecular weight excluding hydrogens is 412 g/mol. The minimum Gasteiger partial charge on any atom is -0.452 e. The van der Waals surface area contributed by atoms with Gasteiger partial charge < -0.3 is 14.4 Å². The van der Waals surface area contributed by atoms with Crippen LogP contribution in [-0.2, 0) is 14.3 Å². The van der Waals surface area contributed by atoms with E-state index < -0.39 is 24.4 Å². The number of ether oxygens (including phenoxy) is 2. The van der Waals surface area contributed by atoms with Gasteiger partial charge in [-0.2, -0.15) is 0 Å². The largest absolute Gasteiger partial charge is 0.452 e. The number of imide groups is 1. The van der Waals surface area contributed by atoms with Gasteiger partial charge in [-0.1, -0.05) is 18.2 Å². The highest BCUT2D eigenvalue weighted by Crippen LogP contribution is 2.31. The SMILES string of the molecule is Cc1ccccc1N1C(=O)c2ccc(C(=O)OCC(=O)N3CC(C)OC(C)C3)cc2C1=O. The van der Waals surface area contributed by atoms with E-state index in [0.717, 1.165) is 10.5 Å². The number of esters is 1. The van der Waals surface area contributed by atoms with Gasteiger partial charge in [0.05, 0.1) is 34.6 Å². The van der Waals surface area contributed by atoms with Crippen molar-refractivity contribution in [2.45, 2.75) is 33.0 Å². The first-order valence-electron chi connectivity index (χ1n) is 10.4. The monoisotopic (exact) mass is 436 g/mol. The van der Waals surface area contributed by atoms with Crippen LogP contribution < -0.4 is 4.90 Å². The van der Waals surface area contributed by atoms with Crippen LogP contribution in [0, 0.1) is 6.92 Å². The second kappa shape index (κ2) is 8.55. The molecule has 1 fully saturated rings. The number of carbonyl (C=O) groups is 4. The van der Waals surface area contributed by atoms with Crippen molar-refractivity contribution in [1.82, 2.24) is 4.90 Å². The highest BCUT2D eigenvalue weighted by Gasteiger charge is 2.38. The summed E-state index contributed by atoms with van der Waals surface area (Å²) in [6.45, 7) is 6.04. The smallest absolute Gasteiger partial charge is 0.338 e. The van der Waals surface area contributed by atoms with Crippen molar-refractivity contribution in [3.8, 4) is 0 Å². The maximum Gasteiger partial charge on any atom is 0.338 e. The highest BCUT2D eigenvalue weighted by molar-refractivity contribution is 6.34. The number of hydrogen-bond acceptors (Lipinski definition) is 6. The molecule has 2 aromatic carbocycles. The van der Waals surface area contributed by atoms with Crippen molar-refractivity contribution in [2.75, 3.05) is 24.6 Å². The first-order valence-corrected chi connectivity index (χ1v) is 10.4. The Morgan fingerprint density at radius 3 is 2.34 bits per heavy atom. The third-order valence-corrected chi connectivity index (χ3v) is 5.58. The van der Waals surface area contributed by atoms with E-state index in [0.29, 0.717) is 18.8 Å². The van der Waals surface area contributed by atoms with Gasteiger partial charge in [-0.05, 0) is 50.6 Å². The number of fused-ring (bicyclic) bond motifs is 1. The molecule has 2 aromatic rings. The maximum absolute atomic E-state index is 12.9. The number of amides is 3. The second-order valence-corrected chi connectivity index (χ2v) is 8.12. The molecule has 4 rings (SSSR count). The molecule has 0 aliphatic carbocycles. The molecule has 0 N–H and O–H groups in total. The van der Waals surface area contributed by atoms with Crippen molar-refractivity contribution in [3.05, 3.63) is 64.7 Å². The summed E-state index contributed by atoms with van der Waals surface area (Å²) >= 11 is 0. The quantitative estimate of drug-likeness (QED) is 0.540. The number of carbonyl (C=O) groups excluding carboxylic acids is 4. The first-order chi connectivity index (χ1) is 15.3. The van der Waals surface area contributed by atoms with Gasteiger partial charge in [-0.3, -0.25) is 14.4 Å². The molecule has 0 spiro atoms. The highest BCUT2D eigenvalue weighted by atomic mass is 16.5. The predicted octanol–water partition coefficient (Wildman–Crippen LogP) is 2.59. The molecule has 2 aliphatic rings. The Morgan fingerprint density at radius 2 is 1.66 bits per heavy atom. The average molecular weight is 436 g/mol. The summed E-state index contributed by atoms with van der Waals surface area (Å²) < 4.78 is 10.8. The Hall–Kier alpha value is -3.52. The number of benzene rings is 2. The average Bonchev–Trinajstić information content (AvgIpc) is 3.01. The molecular formula is C24H24N2O6. The molecule has 32 heavy (non-hydrogen) atoms. The van der Waals surface area contributed by atoms with Gasteiger partial charge in [0, 0.05) is 13.1 Å². The summed E-state index contributed by atoms with van der Waals surface area (Å²) in [5.41, 5.74) is 1.75. The predicted molar refractivity (Wildman–Crippen MR) is 116 cm³/mol. The van der Waals surface area contributed by atoms with Gasteiger partial charge in [-0.25, -0.2) is 9.69 Å². The zero-order valence-electron chi connectivity index (χ0n) is 18.2. The lowest BCUT2D eigenvalue weighted by molar-refractivity contribution is -0.146. The zero-order chi connectivity index (χ0) is 23.0. The van der Waals surface area contributed by atoms with E-state index >= 15 is 0 Å². The van der Waals surface area contributed by atoms with Crippen molar-refractivity contribution in [1.29, 1.82) is 0 Å². The Labute approximate surface area is 185 Å². The van der Waals surface area contributed by atoms with Crippen LogP contribution in [0.3, 0.4) is 0 Å². The molecule has 2 aliphatic heterocycles. The summed E-state index contributed by atoms with van der Waals surface area (Å²) in [7, 11) is 0. The van der Waals surface area contributed by atoms with Crippen LogP contribution in [0.25, 0.3) is 0 Å². The summed E-state index contributed by atoms with van der Waals surface area (Å²) in [4.78, 5) is 53.4. The van der Waals surface area contributed by atoms with Crippen LogP contribution in [-0.4, -0.2) is 60.5 Å². The number of aryl methyl sites for hydroxylation is 1. The van der Waals surface area contributed by atoms with Crippen molar-refractivity contribution in [2.24, 2.45) is 0 Å². The molecule has 2 heterocycles. The van der Waals surface area contributed by atoms with Crippen molar-refractivity contribution < 1.29 is 28.7 Å². The number of nitrogens with zero attached hydrogens (tertiary/aromatic N) is 2. The fourth-order valence-corrected chi connectivity index (χ4v) is 4.08. The second-order valence-electron chi connectivity index (χ2n) is 8.12. The molecule has 2 unspecified atom stereocenters. The van der Waals surface area contributed by atoms with Gasteiger partial charge in [-0.15, -0.1) is 0 Å². The molecule has 0 bridgehead atoms. The molecule has 0 radical (unpaired) electrons. The van der Waals surface area contributed by atoms with E-state index in [9.17, 15) is 19.2 Å². The standard InChI is InChI=1S/C24H24N2O6/c1-14-6-4-5-7-20(14)26-22(28)18-9-8-17(10-19(18)23(26)29)24(30)31-13-21(27)25-11-15(2)32-16(3)12-25/h4-10,15-16H,11-13H2,1-3H3. The van der Waals surface area contributed by atoms with Crippen LogP contribution >= 0.6 is 0 Å². The third kappa shape index (κ3) is 4.01. The lowest BCUT2D eigenvalue weighted by Gasteiger charge is -2.35. The molecule has 0 saturated carbocycles. The Bertz CT molecular complexity index is 1100. The lowest BCUT2D eigenvalue weighted by Crippen LogP contribution is -2.49. The van der Waals surface area contributed by atoms with E-state index in [1.807, 2.05) is 32.9 Å². The molecule has 1 saturated heterocycles. The molecule has 8 heteroatoms. The third-order valence-electron chi connectivity index (χ3n) is 5.58. The van der Waals surface area contributed by atoms with E-state index in [-0.39, 0.29) is 34.8 Å². The van der Waals surface area contributed by atoms with Gasteiger partial charge in [0.15, 0.2) is 6.61 Å². The first kappa shape index (κ1) is 21.7. The van der Waals surface area contributed by atoms with Crippen molar-refractivity contribution >= 4 is 29.4 Å². The Kier molecular flexibility index (Phi) is 5.80. The number of rotatable bonds is 4. The minimum absolute atomic E-state index is 0.0881. The van der Waals surface area contributed by atoms with Crippen LogP contribution in [0.1, 0.15) is 50.5 Å². The Balaban J connectivity index is 1.47. The van der Waals surface area contributed by atoms with Crippen LogP contribution in [0.2, 0.25) is 0 Å². The Morgan fingerprint density at radius 1 is 1.00 bits per heavy atom. The fraction of sp³-hybridized carbons (Fsp3) is 0.333. The summed E-state index contributed by atoms with van der Waals surface area (Å²) in [6.07, 6.45) is -0.176. The molecule has 8 nitrogen and oxygen atoms in total. The van der Waals surface area contributed by atoms with Gasteiger partial charge >= 0.3 is 5.97 Å². The molecule has 2 atom stereocenters. The van der Waals surface area contributed by atoms with Gasteiger partial charge in [0.1, 0.15) is 0 Å². The van der Waals surface area contributed by atoms with E-state index in [1.165, 1.54) is 18.2 Å². The zero-order valence-corrected chi connectivity index (χ0v) is 18.2. The van der Waals surface area contributed by atoms with E-state index in [1.54, 1.807) is 17.0 Å². The number of anilines is 1.